The van der Waals surface area contributed by atoms with E-state index in [9.17, 15) is 4.79 Å². The van der Waals surface area contributed by atoms with Crippen LogP contribution in [0.15, 0.2) is 42.5 Å². The van der Waals surface area contributed by atoms with Gasteiger partial charge >= 0.3 is 0 Å². The van der Waals surface area contributed by atoms with Gasteiger partial charge in [-0.3, -0.25) is 4.79 Å². The third kappa shape index (κ3) is 4.35. The van der Waals surface area contributed by atoms with Gasteiger partial charge in [-0.05, 0) is 51.5 Å². The number of methoxy groups -OCH3 is 1. The Morgan fingerprint density at radius 3 is 2.63 bits per heavy atom. The lowest BCUT2D eigenvalue weighted by Crippen LogP contribution is -2.44. The first-order valence-corrected chi connectivity index (χ1v) is 9.19. The normalized spacial score (nSPS) is 18.6. The highest BCUT2D eigenvalue weighted by molar-refractivity contribution is 5.81. The Kier molecular flexibility index (Phi) is 5.31. The Balaban J connectivity index is 1.75. The molecule has 0 aliphatic carbocycles. The molecular weight excluding hydrogens is 342 g/mol. The molecule has 0 radical (unpaired) electrons. The predicted molar refractivity (Wildman–Crippen MR) is 104 cm³/mol. The largest absolute Gasteiger partial charge is 0.493 e. The zero-order chi connectivity index (χ0) is 19.6. The van der Waals surface area contributed by atoms with Crippen molar-refractivity contribution in [1.82, 2.24) is 5.32 Å². The van der Waals surface area contributed by atoms with Crippen molar-refractivity contribution in [1.29, 1.82) is 0 Å². The van der Waals surface area contributed by atoms with Gasteiger partial charge in [0.2, 0.25) is 0 Å². The Bertz CT molecular complexity index is 831. The van der Waals surface area contributed by atoms with Crippen molar-refractivity contribution in [3.05, 3.63) is 53.6 Å². The number of amides is 1. The van der Waals surface area contributed by atoms with Crippen molar-refractivity contribution >= 4 is 5.91 Å². The van der Waals surface area contributed by atoms with E-state index in [4.69, 9.17) is 14.2 Å². The Hall–Kier alpha value is -2.69. The van der Waals surface area contributed by atoms with E-state index in [1.54, 1.807) is 26.2 Å². The van der Waals surface area contributed by atoms with Crippen LogP contribution in [-0.4, -0.2) is 24.7 Å². The number of carbonyl (C=O) groups excluding carboxylic acids is 1. The second-order valence-electron chi connectivity index (χ2n) is 7.58. The molecule has 1 aliphatic heterocycles. The Morgan fingerprint density at radius 1 is 1.22 bits per heavy atom. The molecule has 0 aromatic heterocycles. The number of ether oxygens (including phenoxy) is 3. The predicted octanol–water partition coefficient (Wildman–Crippen LogP) is 4.19. The molecule has 0 saturated carbocycles. The Morgan fingerprint density at radius 2 is 1.93 bits per heavy atom. The van der Waals surface area contributed by atoms with Gasteiger partial charge in [0.15, 0.2) is 17.6 Å². The summed E-state index contributed by atoms with van der Waals surface area (Å²) in [4.78, 5) is 12.8. The van der Waals surface area contributed by atoms with E-state index in [0.29, 0.717) is 17.9 Å². The summed E-state index contributed by atoms with van der Waals surface area (Å²) < 4.78 is 17.2. The lowest BCUT2D eigenvalue weighted by Gasteiger charge is -2.38. The topological polar surface area (TPSA) is 56.8 Å². The van der Waals surface area contributed by atoms with E-state index in [2.05, 4.69) is 5.32 Å². The molecule has 1 amide bonds. The third-order valence-electron chi connectivity index (χ3n) is 4.68. The molecule has 2 unspecified atom stereocenters. The molecule has 144 valence electrons. The summed E-state index contributed by atoms with van der Waals surface area (Å²) in [6, 6.07) is 13.3. The minimum Gasteiger partial charge on any atom is -0.493 e. The van der Waals surface area contributed by atoms with Crippen LogP contribution in [0.2, 0.25) is 0 Å². The monoisotopic (exact) mass is 369 g/mol. The van der Waals surface area contributed by atoms with E-state index in [1.807, 2.05) is 51.1 Å². The highest BCUT2D eigenvalue weighted by atomic mass is 16.5. The van der Waals surface area contributed by atoms with Gasteiger partial charge in [-0.25, -0.2) is 0 Å². The molecule has 0 bridgehead atoms. The number of benzene rings is 2. The number of fused-ring (bicyclic) bond motifs is 1. The first-order valence-electron chi connectivity index (χ1n) is 9.19. The summed E-state index contributed by atoms with van der Waals surface area (Å²) >= 11 is 0. The second-order valence-corrected chi connectivity index (χ2v) is 7.58. The van der Waals surface area contributed by atoms with Crippen molar-refractivity contribution in [3.8, 4) is 17.2 Å². The second kappa shape index (κ2) is 7.51. The number of para-hydroxylation sites is 2. The highest BCUT2D eigenvalue weighted by Gasteiger charge is 2.35. The van der Waals surface area contributed by atoms with Gasteiger partial charge in [-0.15, -0.1) is 0 Å². The number of rotatable bonds is 5. The molecule has 0 fully saturated rings. The highest BCUT2D eigenvalue weighted by Crippen LogP contribution is 2.40. The molecule has 2 atom stereocenters. The van der Waals surface area contributed by atoms with E-state index < -0.39 is 6.10 Å². The summed E-state index contributed by atoms with van der Waals surface area (Å²) in [7, 11) is 1.58. The average molecular weight is 369 g/mol. The van der Waals surface area contributed by atoms with E-state index in [0.717, 1.165) is 16.9 Å². The van der Waals surface area contributed by atoms with Crippen molar-refractivity contribution in [2.75, 3.05) is 7.11 Å². The number of carbonyl (C=O) groups is 1. The summed E-state index contributed by atoms with van der Waals surface area (Å²) in [5.74, 6) is 1.81. The molecule has 27 heavy (non-hydrogen) atoms. The quantitative estimate of drug-likeness (QED) is 0.859. The minimum atomic E-state index is -0.652. The van der Waals surface area contributed by atoms with Crippen LogP contribution in [-0.2, 0) is 4.79 Å². The van der Waals surface area contributed by atoms with Gasteiger partial charge < -0.3 is 19.5 Å². The number of hydrogen-bond acceptors (Lipinski definition) is 4. The molecule has 2 aromatic carbocycles. The van der Waals surface area contributed by atoms with E-state index in [-0.39, 0.29) is 17.6 Å². The van der Waals surface area contributed by atoms with Crippen LogP contribution >= 0.6 is 0 Å². The van der Waals surface area contributed by atoms with E-state index >= 15 is 0 Å². The zero-order valence-electron chi connectivity index (χ0n) is 16.5. The van der Waals surface area contributed by atoms with Crippen molar-refractivity contribution in [2.45, 2.75) is 51.9 Å². The lowest BCUT2D eigenvalue weighted by molar-refractivity contribution is -0.128. The van der Waals surface area contributed by atoms with Gasteiger partial charge in [-0.1, -0.05) is 24.3 Å². The smallest absolute Gasteiger partial charge is 0.261 e. The molecule has 2 aromatic rings. The van der Waals surface area contributed by atoms with Gasteiger partial charge in [0.25, 0.3) is 5.91 Å². The lowest BCUT2D eigenvalue weighted by atomic mass is 9.89. The number of nitrogens with one attached hydrogen (secondary N) is 1. The summed E-state index contributed by atoms with van der Waals surface area (Å²) in [5, 5.41) is 3.12. The average Bonchev–Trinajstić information content (AvgIpc) is 2.60. The molecule has 0 saturated heterocycles. The first kappa shape index (κ1) is 19.1. The summed E-state index contributed by atoms with van der Waals surface area (Å²) in [5.41, 5.74) is 1.77. The van der Waals surface area contributed by atoms with E-state index in [1.165, 1.54) is 0 Å². The first-order chi connectivity index (χ1) is 12.8. The Labute approximate surface area is 160 Å². The summed E-state index contributed by atoms with van der Waals surface area (Å²) in [6.07, 6.45) is 0.0389. The van der Waals surface area contributed by atoms with Gasteiger partial charge in [0.1, 0.15) is 11.4 Å². The van der Waals surface area contributed by atoms with Crippen LogP contribution < -0.4 is 19.5 Å². The van der Waals surface area contributed by atoms with Crippen molar-refractivity contribution in [2.24, 2.45) is 0 Å². The van der Waals surface area contributed by atoms with Crippen molar-refractivity contribution in [3.63, 3.8) is 0 Å². The maximum Gasteiger partial charge on any atom is 0.261 e. The molecule has 5 heteroatoms. The van der Waals surface area contributed by atoms with Crippen LogP contribution in [0, 0.1) is 6.92 Å². The zero-order valence-corrected chi connectivity index (χ0v) is 16.5. The molecule has 1 aliphatic rings. The fourth-order valence-electron chi connectivity index (χ4n) is 3.34. The third-order valence-corrected chi connectivity index (χ3v) is 4.68. The van der Waals surface area contributed by atoms with Crippen molar-refractivity contribution < 1.29 is 19.0 Å². The van der Waals surface area contributed by atoms with Gasteiger partial charge in [-0.2, -0.15) is 0 Å². The van der Waals surface area contributed by atoms with Crippen LogP contribution in [0.4, 0.5) is 0 Å². The molecule has 3 rings (SSSR count). The van der Waals surface area contributed by atoms with Crippen LogP contribution in [0.25, 0.3) is 0 Å². The molecule has 1 heterocycles. The van der Waals surface area contributed by atoms with Crippen LogP contribution in [0.5, 0.6) is 17.2 Å². The SMILES string of the molecule is COc1ccccc1OC(C)C(=O)NC1CC(C)(C)Oc2cc(C)ccc21. The van der Waals surface area contributed by atoms with Gasteiger partial charge in [0.05, 0.1) is 13.2 Å². The van der Waals surface area contributed by atoms with Gasteiger partial charge in [0, 0.05) is 12.0 Å². The fourth-order valence-corrected chi connectivity index (χ4v) is 3.34. The van der Waals surface area contributed by atoms with Crippen LogP contribution in [0.1, 0.15) is 44.4 Å². The fraction of sp³-hybridized carbons (Fsp3) is 0.409. The summed E-state index contributed by atoms with van der Waals surface area (Å²) in [6.45, 7) is 7.84. The molecule has 1 N–H and O–H groups in total. The molecular formula is C22H27NO4. The molecule has 5 nitrogen and oxygen atoms in total. The molecule has 0 spiro atoms. The maximum absolute atomic E-state index is 12.8. The minimum absolute atomic E-state index is 0.124. The standard InChI is InChI=1S/C22H27NO4/c1-14-10-11-16-17(13-22(3,4)27-20(16)12-14)23-21(24)15(2)26-19-9-7-6-8-18(19)25-5/h6-12,15,17H,13H2,1-5H3,(H,23,24). The maximum atomic E-state index is 12.8. The number of hydrogen-bond donors (Lipinski definition) is 1. The number of aryl methyl sites for hydroxylation is 1. The van der Waals surface area contributed by atoms with Crippen LogP contribution in [0.3, 0.4) is 0 Å².